The average molecular weight is 310 g/mol. The van der Waals surface area contributed by atoms with Gasteiger partial charge in [0.1, 0.15) is 10.1 Å². The maximum absolute atomic E-state index is 12.2. The molecule has 104 valence electrons. The van der Waals surface area contributed by atoms with E-state index < -0.39 is 10.3 Å². The number of halogens is 2. The van der Waals surface area contributed by atoms with E-state index in [0.29, 0.717) is 12.3 Å². The molecule has 1 aromatic carbocycles. The van der Waals surface area contributed by atoms with Crippen molar-refractivity contribution in [3.8, 4) is 0 Å². The van der Waals surface area contributed by atoms with E-state index in [2.05, 4.69) is 5.32 Å². The molecule has 0 unspecified atom stereocenters. The summed E-state index contributed by atoms with van der Waals surface area (Å²) in [6.45, 7) is 0.341. The second-order valence-electron chi connectivity index (χ2n) is 4.84. The lowest BCUT2D eigenvalue weighted by molar-refractivity contribution is -0.122. The van der Waals surface area contributed by atoms with Gasteiger partial charge in [0.15, 0.2) is 0 Å². The van der Waals surface area contributed by atoms with Gasteiger partial charge in [-0.2, -0.15) is 0 Å². The van der Waals surface area contributed by atoms with Crippen LogP contribution in [-0.2, 0) is 11.3 Å². The first-order chi connectivity index (χ1) is 9.60. The minimum absolute atomic E-state index is 0.153. The summed E-state index contributed by atoms with van der Waals surface area (Å²) in [5.41, 5.74) is 0.982. The molecule has 1 aromatic heterocycles. The van der Waals surface area contributed by atoms with E-state index in [1.165, 1.54) is 0 Å². The number of nitrogens with one attached hydrogen (secondary N) is 1. The molecule has 0 aliphatic heterocycles. The molecule has 1 saturated carbocycles. The van der Waals surface area contributed by atoms with Crippen LogP contribution >= 0.6 is 23.2 Å². The highest BCUT2D eigenvalue weighted by atomic mass is 35.5. The first kappa shape index (κ1) is 13.5. The summed E-state index contributed by atoms with van der Waals surface area (Å²) < 4.78 is 4.13. The molecule has 0 bridgehead atoms. The number of furan rings is 1. The fourth-order valence-corrected chi connectivity index (χ4v) is 3.25. The molecule has 1 N–H and O–H groups in total. The largest absolute Gasteiger partial charge is 0.467 e. The summed E-state index contributed by atoms with van der Waals surface area (Å²) in [5, 5.41) is 2.80. The number of rotatable bonds is 4. The first-order valence-corrected chi connectivity index (χ1v) is 7.09. The van der Waals surface area contributed by atoms with Crippen LogP contribution in [0, 0.1) is 5.92 Å². The predicted octanol–water partition coefficient (Wildman–Crippen LogP) is 3.48. The number of benzene rings is 1. The molecule has 20 heavy (non-hydrogen) atoms. The fourth-order valence-electron chi connectivity index (χ4n) is 2.43. The Balaban J connectivity index is 1.67. The van der Waals surface area contributed by atoms with Crippen LogP contribution < -0.4 is 5.32 Å². The Bertz CT molecular complexity index is 596. The summed E-state index contributed by atoms with van der Waals surface area (Å²) in [4.78, 5) is 12.2. The van der Waals surface area contributed by atoms with Crippen molar-refractivity contribution in [2.75, 3.05) is 0 Å². The Morgan fingerprint density at radius 2 is 1.95 bits per heavy atom. The van der Waals surface area contributed by atoms with Gasteiger partial charge in [0.25, 0.3) is 0 Å². The maximum Gasteiger partial charge on any atom is 0.227 e. The van der Waals surface area contributed by atoms with Gasteiger partial charge in [-0.05, 0) is 17.7 Å². The number of carbonyl (C=O) groups excluding carboxylic acids is 1. The molecule has 3 nitrogen and oxygen atoms in total. The molecule has 2 aromatic rings. The topological polar surface area (TPSA) is 42.2 Å². The smallest absolute Gasteiger partial charge is 0.227 e. The fraction of sp³-hybridized carbons (Fsp3) is 0.267. The van der Waals surface area contributed by atoms with E-state index in [9.17, 15) is 4.79 Å². The van der Waals surface area contributed by atoms with E-state index in [-0.39, 0.29) is 11.8 Å². The van der Waals surface area contributed by atoms with Crippen molar-refractivity contribution in [2.24, 2.45) is 5.92 Å². The van der Waals surface area contributed by atoms with Crippen molar-refractivity contribution >= 4 is 29.1 Å². The van der Waals surface area contributed by atoms with E-state index in [4.69, 9.17) is 27.6 Å². The minimum Gasteiger partial charge on any atom is -0.467 e. The highest BCUT2D eigenvalue weighted by molar-refractivity contribution is 6.53. The third-order valence-electron chi connectivity index (χ3n) is 3.51. The highest BCUT2D eigenvalue weighted by Gasteiger charge is 2.67. The van der Waals surface area contributed by atoms with Gasteiger partial charge < -0.3 is 9.73 Å². The zero-order valence-corrected chi connectivity index (χ0v) is 12.1. The second-order valence-corrected chi connectivity index (χ2v) is 6.28. The van der Waals surface area contributed by atoms with Crippen LogP contribution in [0.5, 0.6) is 0 Å². The highest BCUT2D eigenvalue weighted by Crippen LogP contribution is 2.64. The third-order valence-corrected chi connectivity index (χ3v) is 4.45. The van der Waals surface area contributed by atoms with Crippen molar-refractivity contribution in [1.82, 2.24) is 5.32 Å². The standard InChI is InChI=1S/C15H13Cl2NO2/c16-15(17)12(10-5-2-1-3-6-10)13(15)14(19)18-9-11-7-4-8-20-11/h1-8,12-13H,9H2,(H,18,19)/t12-,13-/m0/s1. The molecular weight excluding hydrogens is 297 g/mol. The van der Waals surface area contributed by atoms with Crippen molar-refractivity contribution in [3.05, 3.63) is 60.1 Å². The summed E-state index contributed by atoms with van der Waals surface area (Å²) in [6.07, 6.45) is 1.57. The monoisotopic (exact) mass is 309 g/mol. The molecule has 3 rings (SSSR count). The second kappa shape index (κ2) is 5.15. The summed E-state index contributed by atoms with van der Waals surface area (Å²) >= 11 is 12.5. The molecule has 0 radical (unpaired) electrons. The Kier molecular flexibility index (Phi) is 3.48. The van der Waals surface area contributed by atoms with Crippen LogP contribution in [-0.4, -0.2) is 10.2 Å². The molecule has 1 amide bonds. The quantitative estimate of drug-likeness (QED) is 0.879. The molecular formula is C15H13Cl2NO2. The number of hydrogen-bond acceptors (Lipinski definition) is 2. The molecule has 5 heteroatoms. The van der Waals surface area contributed by atoms with Crippen LogP contribution in [0.1, 0.15) is 17.2 Å². The lowest BCUT2D eigenvalue weighted by Crippen LogP contribution is -2.26. The lowest BCUT2D eigenvalue weighted by Gasteiger charge is -2.02. The zero-order chi connectivity index (χ0) is 14.2. The zero-order valence-electron chi connectivity index (χ0n) is 10.6. The molecule has 0 saturated heterocycles. The lowest BCUT2D eigenvalue weighted by atomic mass is 10.1. The van der Waals surface area contributed by atoms with Gasteiger partial charge in [-0.15, -0.1) is 23.2 Å². The normalized spacial score (nSPS) is 23.3. The van der Waals surface area contributed by atoms with E-state index in [0.717, 1.165) is 5.56 Å². The SMILES string of the molecule is O=C(NCc1ccco1)[C@@H]1[C@H](c2ccccc2)C1(Cl)Cl. The van der Waals surface area contributed by atoms with Gasteiger partial charge in [-0.1, -0.05) is 30.3 Å². The molecule has 1 aliphatic rings. The van der Waals surface area contributed by atoms with Gasteiger partial charge in [0.2, 0.25) is 5.91 Å². The van der Waals surface area contributed by atoms with E-state index in [1.54, 1.807) is 18.4 Å². The van der Waals surface area contributed by atoms with Crippen molar-refractivity contribution in [1.29, 1.82) is 0 Å². The first-order valence-electron chi connectivity index (χ1n) is 6.33. The van der Waals surface area contributed by atoms with Gasteiger partial charge in [0.05, 0.1) is 18.7 Å². The average Bonchev–Trinajstić information content (AvgIpc) is 2.80. The van der Waals surface area contributed by atoms with E-state index >= 15 is 0 Å². The molecule has 1 heterocycles. The summed E-state index contributed by atoms with van der Waals surface area (Å²) in [6, 6.07) is 13.2. The minimum atomic E-state index is -1.03. The Morgan fingerprint density at radius 1 is 1.20 bits per heavy atom. The van der Waals surface area contributed by atoms with Crippen LogP contribution in [0.25, 0.3) is 0 Å². The van der Waals surface area contributed by atoms with Crippen molar-refractivity contribution in [3.63, 3.8) is 0 Å². The van der Waals surface area contributed by atoms with Gasteiger partial charge in [0, 0.05) is 5.92 Å². The summed E-state index contributed by atoms with van der Waals surface area (Å²) in [5.74, 6) is -0.0444. The number of alkyl halides is 2. The van der Waals surface area contributed by atoms with Crippen LogP contribution in [0.4, 0.5) is 0 Å². The van der Waals surface area contributed by atoms with E-state index in [1.807, 2.05) is 30.3 Å². The third kappa shape index (κ3) is 2.43. The summed E-state index contributed by atoms with van der Waals surface area (Å²) in [7, 11) is 0. The predicted molar refractivity (Wildman–Crippen MR) is 77.7 cm³/mol. The van der Waals surface area contributed by atoms with Crippen molar-refractivity contribution in [2.45, 2.75) is 16.8 Å². The Labute approximate surface area is 126 Å². The van der Waals surface area contributed by atoms with Crippen molar-refractivity contribution < 1.29 is 9.21 Å². The van der Waals surface area contributed by atoms with Crippen LogP contribution in [0.3, 0.4) is 0 Å². The number of hydrogen-bond donors (Lipinski definition) is 1. The molecule has 2 atom stereocenters. The van der Waals surface area contributed by atoms with Crippen LogP contribution in [0.2, 0.25) is 0 Å². The molecule has 1 fully saturated rings. The molecule has 1 aliphatic carbocycles. The number of amides is 1. The van der Waals surface area contributed by atoms with Crippen LogP contribution in [0.15, 0.2) is 53.1 Å². The van der Waals surface area contributed by atoms with Gasteiger partial charge >= 0.3 is 0 Å². The number of carbonyl (C=O) groups is 1. The Hall–Kier alpha value is -1.45. The Morgan fingerprint density at radius 3 is 2.60 bits per heavy atom. The molecule has 0 spiro atoms. The van der Waals surface area contributed by atoms with Gasteiger partial charge in [-0.3, -0.25) is 4.79 Å². The maximum atomic E-state index is 12.2. The van der Waals surface area contributed by atoms with Gasteiger partial charge in [-0.25, -0.2) is 0 Å².